The zero-order valence-corrected chi connectivity index (χ0v) is 9.55. The fourth-order valence-electron chi connectivity index (χ4n) is 1.45. The third-order valence-corrected chi connectivity index (χ3v) is 2.38. The van der Waals surface area contributed by atoms with Gasteiger partial charge in [-0.05, 0) is 11.6 Å². The molecule has 2 rings (SSSR count). The Morgan fingerprint density at radius 2 is 2.05 bits per heavy atom. The molecule has 8 heteroatoms. The summed E-state index contributed by atoms with van der Waals surface area (Å²) in [7, 11) is 0. The maximum Gasteiger partial charge on any atom is 0.433 e. The van der Waals surface area contributed by atoms with Gasteiger partial charge in [0.1, 0.15) is 5.69 Å². The molecule has 2 heterocycles. The SMILES string of the molecule is NC(=O)c1cnn(Cc2ccc(C(F)(F)F)nc2)c1. The number of carbonyl (C=O) groups is 1. The van der Waals surface area contributed by atoms with Gasteiger partial charge in [0.25, 0.3) is 5.91 Å². The molecule has 1 amide bonds. The standard InChI is InChI=1S/C11H9F3N4O/c12-11(13,14)9-2-1-7(3-16-9)5-18-6-8(4-17-18)10(15)19/h1-4,6H,5H2,(H2,15,19). The highest BCUT2D eigenvalue weighted by molar-refractivity contribution is 5.92. The zero-order valence-electron chi connectivity index (χ0n) is 9.55. The first-order chi connectivity index (χ1) is 8.86. The summed E-state index contributed by atoms with van der Waals surface area (Å²) in [5.74, 6) is -0.614. The molecule has 0 bridgehead atoms. The van der Waals surface area contributed by atoms with Crippen molar-refractivity contribution in [2.24, 2.45) is 5.73 Å². The Bertz CT molecular complexity index is 589. The lowest BCUT2D eigenvalue weighted by Crippen LogP contribution is -2.10. The van der Waals surface area contributed by atoms with Crippen LogP contribution in [-0.4, -0.2) is 20.7 Å². The van der Waals surface area contributed by atoms with E-state index >= 15 is 0 Å². The van der Waals surface area contributed by atoms with Gasteiger partial charge in [0.15, 0.2) is 0 Å². The number of primary amides is 1. The van der Waals surface area contributed by atoms with Crippen molar-refractivity contribution in [2.75, 3.05) is 0 Å². The van der Waals surface area contributed by atoms with Crippen LogP contribution < -0.4 is 5.73 Å². The number of carbonyl (C=O) groups excluding carboxylic acids is 1. The van der Waals surface area contributed by atoms with E-state index in [0.717, 1.165) is 12.3 Å². The van der Waals surface area contributed by atoms with Crippen LogP contribution in [0.3, 0.4) is 0 Å². The Kier molecular flexibility index (Phi) is 3.24. The van der Waals surface area contributed by atoms with Crippen LogP contribution in [0.5, 0.6) is 0 Å². The molecule has 0 saturated heterocycles. The van der Waals surface area contributed by atoms with Crippen molar-refractivity contribution in [1.29, 1.82) is 0 Å². The number of hydrogen-bond donors (Lipinski definition) is 1. The van der Waals surface area contributed by atoms with Crippen LogP contribution in [0.4, 0.5) is 13.2 Å². The van der Waals surface area contributed by atoms with Crippen molar-refractivity contribution in [3.63, 3.8) is 0 Å². The summed E-state index contributed by atoms with van der Waals surface area (Å²) in [4.78, 5) is 14.2. The first-order valence-electron chi connectivity index (χ1n) is 5.20. The smallest absolute Gasteiger partial charge is 0.366 e. The van der Waals surface area contributed by atoms with Gasteiger partial charge in [-0.3, -0.25) is 14.5 Å². The first kappa shape index (κ1) is 13.1. The molecule has 100 valence electrons. The predicted molar refractivity (Wildman–Crippen MR) is 59.1 cm³/mol. The number of amides is 1. The molecule has 0 unspecified atom stereocenters. The molecule has 2 aromatic heterocycles. The highest BCUT2D eigenvalue weighted by atomic mass is 19.4. The molecule has 0 spiro atoms. The third-order valence-electron chi connectivity index (χ3n) is 2.38. The maximum atomic E-state index is 12.3. The summed E-state index contributed by atoms with van der Waals surface area (Å²) in [6, 6.07) is 2.20. The Balaban J connectivity index is 2.13. The summed E-state index contributed by atoms with van der Waals surface area (Å²) < 4.78 is 38.3. The number of hydrogen-bond acceptors (Lipinski definition) is 3. The molecular formula is C11H9F3N4O. The molecule has 0 radical (unpaired) electrons. The van der Waals surface area contributed by atoms with E-state index < -0.39 is 17.8 Å². The summed E-state index contributed by atoms with van der Waals surface area (Å²) >= 11 is 0. The molecule has 0 aliphatic heterocycles. The van der Waals surface area contributed by atoms with Crippen molar-refractivity contribution in [1.82, 2.24) is 14.8 Å². The minimum atomic E-state index is -4.45. The highest BCUT2D eigenvalue weighted by Gasteiger charge is 2.31. The molecule has 2 aromatic rings. The van der Waals surface area contributed by atoms with E-state index in [1.165, 1.54) is 23.1 Å². The van der Waals surface area contributed by atoms with Crippen LogP contribution in [0.25, 0.3) is 0 Å². The molecular weight excluding hydrogens is 261 g/mol. The van der Waals surface area contributed by atoms with Gasteiger partial charge >= 0.3 is 6.18 Å². The van der Waals surface area contributed by atoms with E-state index in [-0.39, 0.29) is 12.1 Å². The molecule has 0 aliphatic rings. The number of aromatic nitrogens is 3. The lowest BCUT2D eigenvalue weighted by molar-refractivity contribution is -0.141. The minimum Gasteiger partial charge on any atom is -0.366 e. The van der Waals surface area contributed by atoms with E-state index in [1.807, 2.05) is 0 Å². The normalized spacial score (nSPS) is 11.5. The summed E-state index contributed by atoms with van der Waals surface area (Å²) in [6.45, 7) is 0.207. The lowest BCUT2D eigenvalue weighted by atomic mass is 10.2. The van der Waals surface area contributed by atoms with E-state index in [2.05, 4.69) is 10.1 Å². The van der Waals surface area contributed by atoms with Gasteiger partial charge in [0.05, 0.1) is 18.3 Å². The second kappa shape index (κ2) is 4.71. The van der Waals surface area contributed by atoms with E-state index in [4.69, 9.17) is 5.73 Å². The van der Waals surface area contributed by atoms with Crippen molar-refractivity contribution < 1.29 is 18.0 Å². The van der Waals surface area contributed by atoms with Gasteiger partial charge < -0.3 is 5.73 Å². The number of pyridine rings is 1. The average molecular weight is 270 g/mol. The number of nitrogens with zero attached hydrogens (tertiary/aromatic N) is 3. The van der Waals surface area contributed by atoms with Crippen molar-refractivity contribution >= 4 is 5.91 Å². The Labute approximate surface area is 105 Å². The molecule has 0 saturated carbocycles. The Hall–Kier alpha value is -2.38. The molecule has 19 heavy (non-hydrogen) atoms. The molecule has 0 atom stereocenters. The fourth-order valence-corrected chi connectivity index (χ4v) is 1.45. The fraction of sp³-hybridized carbons (Fsp3) is 0.182. The molecule has 2 N–H and O–H groups in total. The van der Waals surface area contributed by atoms with Crippen LogP contribution in [-0.2, 0) is 12.7 Å². The number of rotatable bonds is 3. The van der Waals surface area contributed by atoms with Crippen molar-refractivity contribution in [3.8, 4) is 0 Å². The Morgan fingerprint density at radius 1 is 1.32 bits per heavy atom. The number of halogens is 3. The van der Waals surface area contributed by atoms with E-state index in [0.29, 0.717) is 5.56 Å². The summed E-state index contributed by atoms with van der Waals surface area (Å²) in [6.07, 6.45) is -0.627. The average Bonchev–Trinajstić information content (AvgIpc) is 2.77. The summed E-state index contributed by atoms with van der Waals surface area (Å²) in [5, 5.41) is 3.87. The van der Waals surface area contributed by atoms with Crippen LogP contribution in [0.15, 0.2) is 30.7 Å². The highest BCUT2D eigenvalue weighted by Crippen LogP contribution is 2.27. The molecule has 0 aliphatic carbocycles. The Morgan fingerprint density at radius 3 is 2.53 bits per heavy atom. The number of nitrogens with two attached hydrogens (primary N) is 1. The van der Waals surface area contributed by atoms with E-state index in [9.17, 15) is 18.0 Å². The monoisotopic (exact) mass is 270 g/mol. The zero-order chi connectivity index (χ0) is 14.0. The van der Waals surface area contributed by atoms with Gasteiger partial charge in [-0.2, -0.15) is 18.3 Å². The number of alkyl halides is 3. The first-order valence-corrected chi connectivity index (χ1v) is 5.20. The van der Waals surface area contributed by atoms with Gasteiger partial charge in [0.2, 0.25) is 0 Å². The van der Waals surface area contributed by atoms with Crippen LogP contribution >= 0.6 is 0 Å². The van der Waals surface area contributed by atoms with Crippen LogP contribution in [0.1, 0.15) is 21.6 Å². The van der Waals surface area contributed by atoms with Gasteiger partial charge in [-0.1, -0.05) is 6.07 Å². The molecule has 5 nitrogen and oxygen atoms in total. The predicted octanol–water partition coefficient (Wildman–Crippen LogP) is 1.44. The summed E-state index contributed by atoms with van der Waals surface area (Å²) in [5.41, 5.74) is 4.88. The molecule has 0 aromatic carbocycles. The van der Waals surface area contributed by atoms with Gasteiger partial charge in [0, 0.05) is 12.4 Å². The lowest BCUT2D eigenvalue weighted by Gasteiger charge is -2.06. The largest absolute Gasteiger partial charge is 0.433 e. The topological polar surface area (TPSA) is 73.8 Å². The van der Waals surface area contributed by atoms with Crippen LogP contribution in [0, 0.1) is 0 Å². The van der Waals surface area contributed by atoms with Gasteiger partial charge in [-0.25, -0.2) is 0 Å². The second-order valence-corrected chi connectivity index (χ2v) is 3.84. The molecule has 0 fully saturated rings. The van der Waals surface area contributed by atoms with E-state index in [1.54, 1.807) is 0 Å². The van der Waals surface area contributed by atoms with Crippen molar-refractivity contribution in [2.45, 2.75) is 12.7 Å². The van der Waals surface area contributed by atoms with Crippen molar-refractivity contribution in [3.05, 3.63) is 47.5 Å². The maximum absolute atomic E-state index is 12.3. The quantitative estimate of drug-likeness (QED) is 0.917. The minimum absolute atomic E-state index is 0.207. The van der Waals surface area contributed by atoms with Crippen LogP contribution in [0.2, 0.25) is 0 Å². The third kappa shape index (κ3) is 3.09. The van der Waals surface area contributed by atoms with Gasteiger partial charge in [-0.15, -0.1) is 0 Å². The second-order valence-electron chi connectivity index (χ2n) is 3.84.